The van der Waals surface area contributed by atoms with Crippen LogP contribution in [0.25, 0.3) is 5.57 Å². The van der Waals surface area contributed by atoms with Crippen LogP contribution in [-0.2, 0) is 9.47 Å². The third kappa shape index (κ3) is 4.09. The van der Waals surface area contributed by atoms with E-state index in [2.05, 4.69) is 4.74 Å². The fourth-order valence-electron chi connectivity index (χ4n) is 2.22. The number of rotatable bonds is 2. The fourth-order valence-corrected chi connectivity index (χ4v) is 2.22. The Hall–Kier alpha value is -2.37. The lowest BCUT2D eigenvalue weighted by molar-refractivity contribution is 0.0306. The minimum absolute atomic E-state index is 0.124. The van der Waals surface area contributed by atoms with E-state index in [1.165, 1.54) is 19.2 Å². The van der Waals surface area contributed by atoms with Gasteiger partial charge in [0.25, 0.3) is 0 Å². The van der Waals surface area contributed by atoms with E-state index in [0.717, 1.165) is 5.57 Å². The molecule has 1 aliphatic rings. The average Bonchev–Trinajstić information content (AvgIpc) is 2.95. The Morgan fingerprint density at radius 2 is 1.96 bits per heavy atom. The third-order valence-corrected chi connectivity index (χ3v) is 3.31. The Morgan fingerprint density at radius 1 is 1.26 bits per heavy atom. The maximum Gasteiger partial charge on any atom is 0.410 e. The van der Waals surface area contributed by atoms with Crippen LogP contribution in [-0.4, -0.2) is 42.8 Å². The SMILES string of the molecule is COC(=O)c1cc(C2=CCN(C(=O)OC(C)(C)C)C2)ccc1F. The van der Waals surface area contributed by atoms with Gasteiger partial charge in [0.2, 0.25) is 0 Å². The van der Waals surface area contributed by atoms with Crippen LogP contribution in [0, 0.1) is 5.82 Å². The van der Waals surface area contributed by atoms with Crippen LogP contribution < -0.4 is 0 Å². The zero-order valence-corrected chi connectivity index (χ0v) is 13.7. The Balaban J connectivity index is 2.13. The van der Waals surface area contributed by atoms with Gasteiger partial charge in [-0.15, -0.1) is 0 Å². The summed E-state index contributed by atoms with van der Waals surface area (Å²) in [5.74, 6) is -1.37. The number of amides is 1. The van der Waals surface area contributed by atoms with E-state index < -0.39 is 23.5 Å². The van der Waals surface area contributed by atoms with E-state index >= 15 is 0 Å². The van der Waals surface area contributed by atoms with Crippen molar-refractivity contribution in [1.29, 1.82) is 0 Å². The molecule has 0 N–H and O–H groups in total. The third-order valence-electron chi connectivity index (χ3n) is 3.31. The lowest BCUT2D eigenvalue weighted by Gasteiger charge is -2.24. The van der Waals surface area contributed by atoms with E-state index in [0.29, 0.717) is 18.7 Å². The molecule has 23 heavy (non-hydrogen) atoms. The predicted molar refractivity (Wildman–Crippen MR) is 83.5 cm³/mol. The zero-order valence-electron chi connectivity index (χ0n) is 13.7. The molecule has 2 rings (SSSR count). The standard InChI is InChI=1S/C17H20FNO4/c1-17(2,3)23-16(21)19-8-7-12(10-19)11-5-6-14(18)13(9-11)15(20)22-4/h5-7,9H,8,10H2,1-4H3. The van der Waals surface area contributed by atoms with Gasteiger partial charge in [-0.1, -0.05) is 12.1 Å². The molecular formula is C17H20FNO4. The topological polar surface area (TPSA) is 55.8 Å². The van der Waals surface area contributed by atoms with Crippen molar-refractivity contribution >= 4 is 17.6 Å². The van der Waals surface area contributed by atoms with E-state index in [-0.39, 0.29) is 5.56 Å². The van der Waals surface area contributed by atoms with Gasteiger partial charge in [-0.3, -0.25) is 0 Å². The van der Waals surface area contributed by atoms with Crippen LogP contribution in [0.5, 0.6) is 0 Å². The van der Waals surface area contributed by atoms with E-state index in [9.17, 15) is 14.0 Å². The highest BCUT2D eigenvalue weighted by Crippen LogP contribution is 2.24. The van der Waals surface area contributed by atoms with Crippen molar-refractivity contribution < 1.29 is 23.5 Å². The molecule has 5 nitrogen and oxygen atoms in total. The monoisotopic (exact) mass is 321 g/mol. The van der Waals surface area contributed by atoms with Gasteiger partial charge in [-0.05, 0) is 44.0 Å². The molecule has 0 aromatic heterocycles. The number of carbonyl (C=O) groups excluding carboxylic acids is 2. The van der Waals surface area contributed by atoms with Gasteiger partial charge in [0.05, 0.1) is 12.7 Å². The van der Waals surface area contributed by atoms with E-state index in [1.54, 1.807) is 31.7 Å². The lowest BCUT2D eigenvalue weighted by atomic mass is 10.0. The van der Waals surface area contributed by atoms with Crippen molar-refractivity contribution in [1.82, 2.24) is 4.90 Å². The van der Waals surface area contributed by atoms with Gasteiger partial charge in [0.1, 0.15) is 11.4 Å². The smallest absolute Gasteiger partial charge is 0.410 e. The first-order chi connectivity index (χ1) is 10.7. The maximum absolute atomic E-state index is 13.7. The van der Waals surface area contributed by atoms with Crippen molar-refractivity contribution in [3.05, 3.63) is 41.2 Å². The molecule has 124 valence electrons. The largest absolute Gasteiger partial charge is 0.465 e. The maximum atomic E-state index is 13.7. The molecule has 1 aromatic carbocycles. The number of halogens is 1. The summed E-state index contributed by atoms with van der Waals surface area (Å²) in [4.78, 5) is 25.2. The number of ether oxygens (including phenoxy) is 2. The molecule has 0 radical (unpaired) electrons. The number of nitrogens with zero attached hydrogens (tertiary/aromatic N) is 1. The Kier molecular flexibility index (Phi) is 4.73. The molecule has 0 unspecified atom stereocenters. The number of benzene rings is 1. The number of esters is 1. The summed E-state index contributed by atoms with van der Waals surface area (Å²) in [5, 5.41) is 0. The fraction of sp³-hybridized carbons (Fsp3) is 0.412. The van der Waals surface area contributed by atoms with Gasteiger partial charge in [0.15, 0.2) is 0 Å². The van der Waals surface area contributed by atoms with Crippen molar-refractivity contribution in [2.75, 3.05) is 20.2 Å². The highest BCUT2D eigenvalue weighted by atomic mass is 19.1. The number of methoxy groups -OCH3 is 1. The summed E-state index contributed by atoms with van der Waals surface area (Å²) >= 11 is 0. The minimum atomic E-state index is -0.730. The molecule has 1 aromatic rings. The molecule has 0 fully saturated rings. The van der Waals surface area contributed by atoms with Gasteiger partial charge in [0, 0.05) is 13.1 Å². The Morgan fingerprint density at radius 3 is 2.57 bits per heavy atom. The van der Waals surface area contributed by atoms with Gasteiger partial charge in [-0.2, -0.15) is 0 Å². The van der Waals surface area contributed by atoms with Crippen LogP contribution in [0.2, 0.25) is 0 Å². The van der Waals surface area contributed by atoms with Crippen molar-refractivity contribution in [3.8, 4) is 0 Å². The first-order valence-electron chi connectivity index (χ1n) is 7.26. The van der Waals surface area contributed by atoms with Crippen LogP contribution >= 0.6 is 0 Å². The first-order valence-corrected chi connectivity index (χ1v) is 7.26. The van der Waals surface area contributed by atoms with Gasteiger partial charge >= 0.3 is 12.1 Å². The molecule has 1 amide bonds. The first kappa shape index (κ1) is 17.0. The zero-order chi connectivity index (χ0) is 17.2. The summed E-state index contributed by atoms with van der Waals surface area (Å²) in [6, 6.07) is 4.23. The molecule has 0 aliphatic carbocycles. The average molecular weight is 321 g/mol. The Labute approximate surface area is 134 Å². The predicted octanol–water partition coefficient (Wildman–Crippen LogP) is 3.25. The van der Waals surface area contributed by atoms with E-state index in [4.69, 9.17) is 4.74 Å². The minimum Gasteiger partial charge on any atom is -0.465 e. The van der Waals surface area contributed by atoms with Gasteiger partial charge in [-0.25, -0.2) is 14.0 Å². The van der Waals surface area contributed by atoms with Crippen molar-refractivity contribution in [2.45, 2.75) is 26.4 Å². The van der Waals surface area contributed by atoms with E-state index in [1.807, 2.05) is 6.08 Å². The summed E-state index contributed by atoms with van der Waals surface area (Å²) in [6.45, 7) is 6.17. The van der Waals surface area contributed by atoms with Crippen LogP contribution in [0.15, 0.2) is 24.3 Å². The number of hydrogen-bond acceptors (Lipinski definition) is 4. The Bertz CT molecular complexity index is 661. The van der Waals surface area contributed by atoms with Crippen LogP contribution in [0.3, 0.4) is 0 Å². The molecule has 0 atom stereocenters. The summed E-state index contributed by atoms with van der Waals surface area (Å²) in [7, 11) is 1.20. The molecule has 6 heteroatoms. The normalized spacial score (nSPS) is 14.5. The molecule has 0 spiro atoms. The second-order valence-electron chi connectivity index (χ2n) is 6.28. The van der Waals surface area contributed by atoms with Crippen LogP contribution in [0.4, 0.5) is 9.18 Å². The molecule has 1 heterocycles. The second-order valence-corrected chi connectivity index (χ2v) is 6.28. The highest BCUT2D eigenvalue weighted by Gasteiger charge is 2.26. The molecule has 0 bridgehead atoms. The quantitative estimate of drug-likeness (QED) is 0.785. The summed E-state index contributed by atoms with van der Waals surface area (Å²) in [5.41, 5.74) is 0.828. The number of carbonyl (C=O) groups is 2. The second kappa shape index (κ2) is 6.40. The molecule has 0 saturated heterocycles. The lowest BCUT2D eigenvalue weighted by Crippen LogP contribution is -2.35. The molecule has 0 saturated carbocycles. The molecular weight excluding hydrogens is 301 g/mol. The summed E-state index contributed by atoms with van der Waals surface area (Å²) in [6.07, 6.45) is 1.46. The molecule has 1 aliphatic heterocycles. The van der Waals surface area contributed by atoms with Gasteiger partial charge < -0.3 is 14.4 Å². The highest BCUT2D eigenvalue weighted by molar-refractivity contribution is 5.91. The number of hydrogen-bond donors (Lipinski definition) is 0. The van der Waals surface area contributed by atoms with Crippen molar-refractivity contribution in [3.63, 3.8) is 0 Å². The summed E-state index contributed by atoms with van der Waals surface area (Å²) < 4.78 is 23.6. The van der Waals surface area contributed by atoms with Crippen molar-refractivity contribution in [2.24, 2.45) is 0 Å². The van der Waals surface area contributed by atoms with Crippen LogP contribution in [0.1, 0.15) is 36.7 Å².